The molecule has 0 amide bonds. The van der Waals surface area contributed by atoms with Gasteiger partial charge in [0.15, 0.2) is 5.78 Å². The van der Waals surface area contributed by atoms with Crippen LogP contribution in [0.5, 0.6) is 0 Å². The third kappa shape index (κ3) is 1.98. The quantitative estimate of drug-likeness (QED) is 0.378. The summed E-state index contributed by atoms with van der Waals surface area (Å²) in [4.78, 5) is 10.9. The van der Waals surface area contributed by atoms with Crippen LogP contribution >= 0.6 is 11.6 Å². The van der Waals surface area contributed by atoms with Crippen LogP contribution in [-0.2, 0) is 4.79 Å². The molecule has 1 atom stereocenters. The third-order valence-corrected chi connectivity index (χ3v) is 2.19. The Morgan fingerprint density at radius 3 is 2.89 bits per heavy atom. The summed E-state index contributed by atoms with van der Waals surface area (Å²) >= 11 is 5.72. The zero-order chi connectivity index (χ0) is 6.69. The van der Waals surface area contributed by atoms with Crippen LogP contribution in [0.2, 0.25) is 0 Å². The van der Waals surface area contributed by atoms with Gasteiger partial charge in [-0.05, 0) is 12.8 Å². The van der Waals surface area contributed by atoms with Crippen molar-refractivity contribution in [2.45, 2.75) is 37.5 Å². The van der Waals surface area contributed by atoms with Crippen LogP contribution in [0.1, 0.15) is 32.1 Å². The summed E-state index contributed by atoms with van der Waals surface area (Å²) in [6.07, 6.45) is 4.94. The van der Waals surface area contributed by atoms with Crippen molar-refractivity contribution in [3.05, 3.63) is 0 Å². The Morgan fingerprint density at radius 2 is 2.11 bits per heavy atom. The van der Waals surface area contributed by atoms with E-state index in [4.69, 9.17) is 11.6 Å². The Kier molecular flexibility index (Phi) is 2.52. The molecule has 0 aromatic heterocycles. The Hall–Kier alpha value is -0.0400. The summed E-state index contributed by atoms with van der Waals surface area (Å²) in [6, 6.07) is 0. The third-order valence-electron chi connectivity index (χ3n) is 1.73. The van der Waals surface area contributed by atoms with Crippen LogP contribution in [0.4, 0.5) is 0 Å². The number of alkyl halides is 1. The zero-order valence-corrected chi connectivity index (χ0v) is 6.16. The standard InChI is InChI=1S/C7H11ClO/c8-6-4-2-1-3-5-7(6)9/h6H,1-5H2/t6-/m1/s1. The van der Waals surface area contributed by atoms with Gasteiger partial charge in [0.05, 0.1) is 5.38 Å². The highest BCUT2D eigenvalue weighted by Crippen LogP contribution is 2.18. The average molecular weight is 147 g/mol. The van der Waals surface area contributed by atoms with Crippen molar-refractivity contribution in [3.8, 4) is 0 Å². The normalized spacial score (nSPS) is 29.9. The molecular formula is C7H11ClO. The molecule has 1 aliphatic carbocycles. The molecule has 0 unspecified atom stereocenters. The number of rotatable bonds is 0. The topological polar surface area (TPSA) is 17.1 Å². The molecule has 0 bridgehead atoms. The van der Waals surface area contributed by atoms with Gasteiger partial charge in [0.25, 0.3) is 0 Å². The number of carbonyl (C=O) groups excluding carboxylic acids is 1. The molecule has 2 heteroatoms. The lowest BCUT2D eigenvalue weighted by Crippen LogP contribution is -2.10. The first-order chi connectivity index (χ1) is 4.30. The van der Waals surface area contributed by atoms with E-state index < -0.39 is 0 Å². The van der Waals surface area contributed by atoms with Crippen LogP contribution in [0, 0.1) is 0 Å². The molecule has 1 aliphatic rings. The van der Waals surface area contributed by atoms with Gasteiger partial charge in [-0.3, -0.25) is 4.79 Å². The second-order valence-corrected chi connectivity index (χ2v) is 3.06. The molecule has 52 valence electrons. The fourth-order valence-electron chi connectivity index (χ4n) is 1.12. The van der Waals surface area contributed by atoms with Gasteiger partial charge in [0.1, 0.15) is 0 Å². The lowest BCUT2D eigenvalue weighted by Gasteiger charge is -1.99. The molecule has 0 N–H and O–H groups in total. The van der Waals surface area contributed by atoms with Crippen molar-refractivity contribution < 1.29 is 4.79 Å². The maximum absolute atomic E-state index is 10.9. The number of hydrogen-bond donors (Lipinski definition) is 0. The molecule has 0 radical (unpaired) electrons. The molecule has 0 aromatic carbocycles. The second kappa shape index (κ2) is 3.21. The Morgan fingerprint density at radius 1 is 1.33 bits per heavy atom. The number of Topliss-reactive ketones (excluding diaryl/α,β-unsaturated/α-hetero) is 1. The van der Waals surface area contributed by atoms with Gasteiger partial charge in [-0.1, -0.05) is 12.8 Å². The van der Waals surface area contributed by atoms with Crippen molar-refractivity contribution >= 4 is 17.4 Å². The SMILES string of the molecule is O=C1CCCCC[C@H]1Cl. The molecule has 1 rings (SSSR count). The molecule has 0 aliphatic heterocycles. The fraction of sp³-hybridized carbons (Fsp3) is 0.857. The van der Waals surface area contributed by atoms with Crippen molar-refractivity contribution in [2.24, 2.45) is 0 Å². The Bertz CT molecular complexity index is 111. The van der Waals surface area contributed by atoms with Gasteiger partial charge in [-0.2, -0.15) is 0 Å². The predicted molar refractivity (Wildman–Crippen MR) is 37.7 cm³/mol. The van der Waals surface area contributed by atoms with Gasteiger partial charge in [-0.15, -0.1) is 11.6 Å². The molecule has 1 fully saturated rings. The number of halogens is 1. The molecular weight excluding hydrogens is 136 g/mol. The highest BCUT2D eigenvalue weighted by molar-refractivity contribution is 6.31. The van der Waals surface area contributed by atoms with Gasteiger partial charge in [-0.25, -0.2) is 0 Å². The summed E-state index contributed by atoms with van der Waals surface area (Å²) in [5.74, 6) is 0.245. The zero-order valence-electron chi connectivity index (χ0n) is 5.40. The monoisotopic (exact) mass is 146 g/mol. The molecule has 0 spiro atoms. The van der Waals surface area contributed by atoms with E-state index in [2.05, 4.69) is 0 Å². The highest BCUT2D eigenvalue weighted by atomic mass is 35.5. The molecule has 0 aromatic rings. The highest BCUT2D eigenvalue weighted by Gasteiger charge is 2.16. The summed E-state index contributed by atoms with van der Waals surface area (Å²) in [5.41, 5.74) is 0. The first-order valence-corrected chi connectivity index (χ1v) is 3.91. The van der Waals surface area contributed by atoms with Crippen LogP contribution < -0.4 is 0 Å². The van der Waals surface area contributed by atoms with E-state index in [0.717, 1.165) is 19.3 Å². The van der Waals surface area contributed by atoms with E-state index in [-0.39, 0.29) is 11.2 Å². The van der Waals surface area contributed by atoms with E-state index in [9.17, 15) is 4.79 Å². The summed E-state index contributed by atoms with van der Waals surface area (Å²) in [5, 5.41) is -0.174. The molecule has 9 heavy (non-hydrogen) atoms. The summed E-state index contributed by atoms with van der Waals surface area (Å²) in [7, 11) is 0. The van der Waals surface area contributed by atoms with Gasteiger partial charge < -0.3 is 0 Å². The van der Waals surface area contributed by atoms with E-state index >= 15 is 0 Å². The molecule has 0 heterocycles. The predicted octanol–water partition coefficient (Wildman–Crippen LogP) is 2.13. The Labute approximate surface area is 60.4 Å². The minimum Gasteiger partial charge on any atom is -0.298 e. The minimum atomic E-state index is -0.174. The maximum Gasteiger partial charge on any atom is 0.150 e. The first-order valence-electron chi connectivity index (χ1n) is 3.47. The minimum absolute atomic E-state index is 0.174. The largest absolute Gasteiger partial charge is 0.298 e. The van der Waals surface area contributed by atoms with E-state index in [1.807, 2.05) is 0 Å². The molecule has 1 nitrogen and oxygen atoms in total. The van der Waals surface area contributed by atoms with Crippen LogP contribution in [-0.4, -0.2) is 11.2 Å². The van der Waals surface area contributed by atoms with Crippen molar-refractivity contribution in [1.29, 1.82) is 0 Å². The van der Waals surface area contributed by atoms with Crippen molar-refractivity contribution in [1.82, 2.24) is 0 Å². The average Bonchev–Trinajstić information content (AvgIpc) is 1.99. The van der Waals surface area contributed by atoms with Crippen LogP contribution in [0.25, 0.3) is 0 Å². The van der Waals surface area contributed by atoms with E-state index in [1.165, 1.54) is 6.42 Å². The number of hydrogen-bond acceptors (Lipinski definition) is 1. The van der Waals surface area contributed by atoms with Crippen molar-refractivity contribution in [2.75, 3.05) is 0 Å². The van der Waals surface area contributed by atoms with E-state index in [0.29, 0.717) is 6.42 Å². The van der Waals surface area contributed by atoms with Crippen molar-refractivity contribution in [3.63, 3.8) is 0 Å². The summed E-state index contributed by atoms with van der Waals surface area (Å²) < 4.78 is 0. The van der Waals surface area contributed by atoms with Gasteiger partial charge in [0, 0.05) is 6.42 Å². The number of carbonyl (C=O) groups is 1. The summed E-state index contributed by atoms with van der Waals surface area (Å²) in [6.45, 7) is 0. The Balaban J connectivity index is 2.41. The molecule has 1 saturated carbocycles. The lowest BCUT2D eigenvalue weighted by molar-refractivity contribution is -0.118. The van der Waals surface area contributed by atoms with Crippen LogP contribution in [0.15, 0.2) is 0 Å². The van der Waals surface area contributed by atoms with Gasteiger partial charge in [0.2, 0.25) is 0 Å². The fourth-order valence-corrected chi connectivity index (χ4v) is 1.38. The second-order valence-electron chi connectivity index (χ2n) is 2.53. The smallest absolute Gasteiger partial charge is 0.150 e. The van der Waals surface area contributed by atoms with E-state index in [1.54, 1.807) is 0 Å². The number of ketones is 1. The first kappa shape index (κ1) is 7.07. The van der Waals surface area contributed by atoms with Crippen LogP contribution in [0.3, 0.4) is 0 Å². The molecule has 0 saturated heterocycles. The lowest BCUT2D eigenvalue weighted by atomic mass is 10.2. The van der Waals surface area contributed by atoms with Gasteiger partial charge >= 0.3 is 0 Å². The maximum atomic E-state index is 10.9.